The third-order valence-corrected chi connectivity index (χ3v) is 3.21. The summed E-state index contributed by atoms with van der Waals surface area (Å²) in [4.78, 5) is 20.0. The van der Waals surface area contributed by atoms with Crippen molar-refractivity contribution in [3.05, 3.63) is 32.8 Å². The molecule has 1 aliphatic rings. The Labute approximate surface area is 104 Å². The number of pyridine rings is 1. The van der Waals surface area contributed by atoms with E-state index in [4.69, 9.17) is 0 Å². The molecule has 6 heteroatoms. The van der Waals surface area contributed by atoms with Crippen LogP contribution >= 0.6 is 22.6 Å². The van der Waals surface area contributed by atoms with Crippen LogP contribution in [0.15, 0.2) is 27.2 Å². The van der Waals surface area contributed by atoms with Crippen molar-refractivity contribution in [1.29, 1.82) is 0 Å². The number of hydrogen-bond acceptors (Lipinski definition) is 4. The summed E-state index contributed by atoms with van der Waals surface area (Å²) in [6.45, 7) is 0.672. The molecule has 80 valence electrons. The van der Waals surface area contributed by atoms with E-state index in [1.807, 2.05) is 8.65 Å². The van der Waals surface area contributed by atoms with Gasteiger partial charge in [-0.1, -0.05) is 22.6 Å². The summed E-state index contributed by atoms with van der Waals surface area (Å²) in [5, 5.41) is 3.62. The lowest BCUT2D eigenvalue weighted by atomic mass is 10.3. The van der Waals surface area contributed by atoms with Crippen LogP contribution in [0, 0.1) is 0 Å². The van der Waals surface area contributed by atoms with Crippen molar-refractivity contribution >= 4 is 45.3 Å². The fourth-order valence-electron chi connectivity index (χ4n) is 1.78. The molecule has 0 radical (unpaired) electrons. The average Bonchev–Trinajstić information content (AvgIpc) is 2.72. The van der Waals surface area contributed by atoms with Crippen molar-refractivity contribution in [2.75, 3.05) is 11.9 Å². The van der Waals surface area contributed by atoms with E-state index in [2.05, 4.69) is 37.9 Å². The molecule has 0 saturated heterocycles. The van der Waals surface area contributed by atoms with E-state index in [9.17, 15) is 4.79 Å². The van der Waals surface area contributed by atoms with Crippen LogP contribution in [0.3, 0.4) is 0 Å². The summed E-state index contributed by atoms with van der Waals surface area (Å²) in [5.74, 6) is 0.569. The van der Waals surface area contributed by atoms with Crippen molar-refractivity contribution in [2.24, 2.45) is 0 Å². The van der Waals surface area contributed by atoms with Gasteiger partial charge < -0.3 is 5.32 Å². The molecule has 2 aromatic heterocycles. The second-order valence-corrected chi connectivity index (χ2v) is 4.03. The van der Waals surface area contributed by atoms with Gasteiger partial charge in [0.25, 0.3) is 5.56 Å². The van der Waals surface area contributed by atoms with Crippen LogP contribution in [0.1, 0.15) is 0 Å². The molecule has 0 amide bonds. The van der Waals surface area contributed by atoms with Crippen LogP contribution in [0.2, 0.25) is 0 Å². The Morgan fingerprint density at radius 3 is 3.25 bits per heavy atom. The Balaban J connectivity index is 2.52. The quantitative estimate of drug-likeness (QED) is 0.745. The monoisotopic (exact) mass is 326 g/mol. The fourth-order valence-corrected chi connectivity index (χ4v) is 2.27. The second-order valence-electron chi connectivity index (χ2n) is 3.40. The molecule has 0 aromatic carbocycles. The highest BCUT2D eigenvalue weighted by Crippen LogP contribution is 2.24. The first-order valence-corrected chi connectivity index (χ1v) is 5.97. The van der Waals surface area contributed by atoms with Gasteiger partial charge in [-0.15, -0.1) is 0 Å². The van der Waals surface area contributed by atoms with Gasteiger partial charge in [0.1, 0.15) is 0 Å². The molecule has 16 heavy (non-hydrogen) atoms. The van der Waals surface area contributed by atoms with Gasteiger partial charge in [-0.3, -0.25) is 9.36 Å². The van der Waals surface area contributed by atoms with Crippen molar-refractivity contribution in [1.82, 2.24) is 14.5 Å². The van der Waals surface area contributed by atoms with Crippen LogP contribution in [0.5, 0.6) is 0 Å². The number of fused-ring (bicyclic) bond motifs is 3. The molecule has 0 spiro atoms. The summed E-state index contributed by atoms with van der Waals surface area (Å²) >= 11 is 2.17. The topological polar surface area (TPSA) is 59.8 Å². The van der Waals surface area contributed by atoms with Gasteiger partial charge in [0.15, 0.2) is 5.65 Å². The standard InChI is InChI=1S/C10H7IN4O/c11-4-6-5-13-10-14-9(16)7-2-1-3-12-8(7)15(6)10/h1-4H,5H2,(H,13,14,16). The minimum atomic E-state index is -0.239. The molecule has 0 saturated carbocycles. The zero-order chi connectivity index (χ0) is 11.1. The Kier molecular flexibility index (Phi) is 2.16. The maximum Gasteiger partial charge on any atom is 0.283 e. The fraction of sp³-hybridized carbons (Fsp3) is 0.100. The predicted molar refractivity (Wildman–Crippen MR) is 70.6 cm³/mol. The van der Waals surface area contributed by atoms with E-state index in [-0.39, 0.29) is 5.56 Å². The first-order valence-electron chi connectivity index (χ1n) is 4.72. The van der Waals surface area contributed by atoms with E-state index in [1.54, 1.807) is 18.3 Å². The molecular weight excluding hydrogens is 319 g/mol. The van der Waals surface area contributed by atoms with Crippen LogP contribution in [0.4, 0.5) is 5.95 Å². The lowest BCUT2D eigenvalue weighted by Gasteiger charge is -2.06. The van der Waals surface area contributed by atoms with Gasteiger partial charge in [-0.05, 0) is 16.2 Å². The maximum absolute atomic E-state index is 11.7. The number of aromatic nitrogens is 3. The zero-order valence-electron chi connectivity index (χ0n) is 8.14. The highest BCUT2D eigenvalue weighted by molar-refractivity contribution is 14.1. The Bertz CT molecular complexity index is 661. The molecule has 5 nitrogen and oxygen atoms in total. The SMILES string of the molecule is O=c1nc2n(c3ncccc13)C(=CI)CN2. The highest BCUT2D eigenvalue weighted by Gasteiger charge is 2.19. The van der Waals surface area contributed by atoms with E-state index in [0.717, 1.165) is 5.70 Å². The first kappa shape index (κ1) is 9.76. The molecule has 0 fully saturated rings. The summed E-state index contributed by atoms with van der Waals surface area (Å²) < 4.78 is 3.84. The third kappa shape index (κ3) is 1.26. The number of halogens is 1. The molecule has 1 N–H and O–H groups in total. The largest absolute Gasteiger partial charge is 0.350 e. The third-order valence-electron chi connectivity index (χ3n) is 2.49. The summed E-state index contributed by atoms with van der Waals surface area (Å²) in [7, 11) is 0. The Hall–Kier alpha value is -1.44. The van der Waals surface area contributed by atoms with Crippen molar-refractivity contribution in [3.8, 4) is 0 Å². The van der Waals surface area contributed by atoms with Crippen molar-refractivity contribution in [2.45, 2.75) is 0 Å². The zero-order valence-corrected chi connectivity index (χ0v) is 10.3. The van der Waals surface area contributed by atoms with Crippen molar-refractivity contribution < 1.29 is 0 Å². The highest BCUT2D eigenvalue weighted by atomic mass is 127. The second kappa shape index (κ2) is 3.55. The van der Waals surface area contributed by atoms with Gasteiger partial charge in [0.2, 0.25) is 5.95 Å². The van der Waals surface area contributed by atoms with Gasteiger partial charge in [0.05, 0.1) is 17.6 Å². The molecule has 0 unspecified atom stereocenters. The number of hydrogen-bond donors (Lipinski definition) is 1. The van der Waals surface area contributed by atoms with E-state index >= 15 is 0 Å². The molecule has 3 rings (SSSR count). The van der Waals surface area contributed by atoms with Crippen LogP contribution in [-0.4, -0.2) is 21.1 Å². The Morgan fingerprint density at radius 1 is 1.56 bits per heavy atom. The van der Waals surface area contributed by atoms with Gasteiger partial charge in [-0.2, -0.15) is 4.98 Å². The summed E-state index contributed by atoms with van der Waals surface area (Å²) in [6.07, 6.45) is 1.68. The molecule has 2 aromatic rings. The van der Waals surface area contributed by atoms with Crippen molar-refractivity contribution in [3.63, 3.8) is 0 Å². The number of anilines is 1. The van der Waals surface area contributed by atoms with E-state index < -0.39 is 0 Å². The Morgan fingerprint density at radius 2 is 2.44 bits per heavy atom. The van der Waals surface area contributed by atoms with E-state index in [0.29, 0.717) is 23.5 Å². The molecular formula is C10H7IN4O. The number of nitrogens with one attached hydrogen (secondary N) is 1. The van der Waals surface area contributed by atoms with Crippen LogP contribution in [-0.2, 0) is 0 Å². The summed E-state index contributed by atoms with van der Waals surface area (Å²) in [6, 6.07) is 3.49. The molecule has 1 aliphatic heterocycles. The van der Waals surface area contributed by atoms with Gasteiger partial charge in [-0.25, -0.2) is 4.98 Å². The normalized spacial score (nSPS) is 16.4. The van der Waals surface area contributed by atoms with Gasteiger partial charge in [0, 0.05) is 6.20 Å². The van der Waals surface area contributed by atoms with Crippen LogP contribution < -0.4 is 10.9 Å². The molecule has 0 aliphatic carbocycles. The van der Waals surface area contributed by atoms with Gasteiger partial charge >= 0.3 is 0 Å². The minimum absolute atomic E-state index is 0.239. The summed E-state index contributed by atoms with van der Waals surface area (Å²) in [5.41, 5.74) is 1.47. The first-order chi connectivity index (χ1) is 7.81. The number of rotatable bonds is 0. The number of nitrogens with zero attached hydrogens (tertiary/aromatic N) is 3. The molecule has 0 atom stereocenters. The maximum atomic E-state index is 11.7. The lowest BCUT2D eigenvalue weighted by Crippen LogP contribution is -2.13. The van der Waals surface area contributed by atoms with Crippen LogP contribution in [0.25, 0.3) is 16.7 Å². The predicted octanol–water partition coefficient (Wildman–Crippen LogP) is 1.45. The molecule has 0 bridgehead atoms. The van der Waals surface area contributed by atoms with E-state index in [1.165, 1.54) is 0 Å². The lowest BCUT2D eigenvalue weighted by molar-refractivity contribution is 1.07. The minimum Gasteiger partial charge on any atom is -0.350 e. The smallest absolute Gasteiger partial charge is 0.283 e. The average molecular weight is 326 g/mol. The molecule has 3 heterocycles.